The number of hydrogen-bond acceptors (Lipinski definition) is 5. The van der Waals surface area contributed by atoms with Gasteiger partial charge in [0.05, 0.1) is 19.1 Å². The summed E-state index contributed by atoms with van der Waals surface area (Å²) in [5.74, 6) is 0.195. The van der Waals surface area contributed by atoms with Crippen LogP contribution in [0.15, 0.2) is 23.3 Å². The van der Waals surface area contributed by atoms with Crippen LogP contribution >= 0.6 is 0 Å². The monoisotopic (exact) mass is 348 g/mol. The Morgan fingerprint density at radius 1 is 1.46 bits per heavy atom. The van der Waals surface area contributed by atoms with Crippen LogP contribution in [0.5, 0.6) is 0 Å². The molecule has 1 aromatic rings. The van der Waals surface area contributed by atoms with Gasteiger partial charge in [-0.05, 0) is 31.1 Å². The molecule has 0 spiro atoms. The maximum atomic E-state index is 11.7. The standard InChI is InChI=1S/C18H28N2O3Si/c1-13(15-9-11-22-17(15)21)20-16-14(8-7-10-19-16)12-23-24(5,6)18(2,3)4/h7-8,10,15H,9,11-12H2,1-6H3. The third-order valence-corrected chi connectivity index (χ3v) is 9.46. The molecule has 2 rings (SSSR count). The number of ether oxygens (including phenoxy) is 1. The molecule has 2 heterocycles. The van der Waals surface area contributed by atoms with Gasteiger partial charge < -0.3 is 9.16 Å². The van der Waals surface area contributed by atoms with E-state index in [1.165, 1.54) is 0 Å². The van der Waals surface area contributed by atoms with Crippen LogP contribution in [0.25, 0.3) is 0 Å². The largest absolute Gasteiger partial charge is 0.465 e. The molecule has 0 amide bonds. The molecule has 0 aliphatic carbocycles. The summed E-state index contributed by atoms with van der Waals surface area (Å²) in [6.45, 7) is 13.9. The van der Waals surface area contributed by atoms with Crippen molar-refractivity contribution in [1.29, 1.82) is 0 Å². The molecule has 1 aromatic heterocycles. The number of hydrogen-bond donors (Lipinski definition) is 0. The van der Waals surface area contributed by atoms with Gasteiger partial charge in [0.1, 0.15) is 0 Å². The lowest BCUT2D eigenvalue weighted by molar-refractivity contribution is -0.139. The fourth-order valence-corrected chi connectivity index (χ4v) is 3.19. The molecule has 1 saturated heterocycles. The highest BCUT2D eigenvalue weighted by Gasteiger charge is 2.37. The third-order valence-electron chi connectivity index (χ3n) is 4.98. The van der Waals surface area contributed by atoms with Crippen molar-refractivity contribution in [3.8, 4) is 0 Å². The minimum atomic E-state index is -1.84. The van der Waals surface area contributed by atoms with E-state index in [0.717, 1.165) is 11.3 Å². The number of nitrogens with zero attached hydrogens (tertiary/aromatic N) is 2. The molecule has 0 aromatic carbocycles. The van der Waals surface area contributed by atoms with Crippen molar-refractivity contribution in [2.75, 3.05) is 6.61 Å². The summed E-state index contributed by atoms with van der Waals surface area (Å²) < 4.78 is 11.3. The highest BCUT2D eigenvalue weighted by Crippen LogP contribution is 2.37. The molecule has 5 nitrogen and oxygen atoms in total. The van der Waals surface area contributed by atoms with E-state index in [9.17, 15) is 4.79 Å². The fourth-order valence-electron chi connectivity index (χ4n) is 2.24. The maximum Gasteiger partial charge on any atom is 0.314 e. The molecule has 0 N–H and O–H groups in total. The summed E-state index contributed by atoms with van der Waals surface area (Å²) in [4.78, 5) is 20.7. The topological polar surface area (TPSA) is 60.8 Å². The summed E-state index contributed by atoms with van der Waals surface area (Å²) in [7, 11) is -1.84. The quantitative estimate of drug-likeness (QED) is 0.453. The van der Waals surface area contributed by atoms with E-state index in [2.05, 4.69) is 43.8 Å². The van der Waals surface area contributed by atoms with E-state index in [1.807, 2.05) is 19.1 Å². The van der Waals surface area contributed by atoms with Crippen molar-refractivity contribution in [2.24, 2.45) is 10.9 Å². The van der Waals surface area contributed by atoms with Gasteiger partial charge in [-0.2, -0.15) is 0 Å². The van der Waals surface area contributed by atoms with Crippen molar-refractivity contribution >= 4 is 25.8 Å². The Morgan fingerprint density at radius 3 is 2.75 bits per heavy atom. The van der Waals surface area contributed by atoms with Crippen LogP contribution < -0.4 is 0 Å². The normalized spacial score (nSPS) is 19.5. The van der Waals surface area contributed by atoms with Crippen LogP contribution in [0.1, 0.15) is 39.7 Å². The summed E-state index contributed by atoms with van der Waals surface area (Å²) >= 11 is 0. The summed E-state index contributed by atoms with van der Waals surface area (Å²) in [5, 5.41) is 0.155. The van der Waals surface area contributed by atoms with Gasteiger partial charge >= 0.3 is 5.97 Å². The molecule has 1 aliphatic heterocycles. The fraction of sp³-hybridized carbons (Fsp3) is 0.611. The van der Waals surface area contributed by atoms with Gasteiger partial charge in [0.25, 0.3) is 0 Å². The van der Waals surface area contributed by atoms with Crippen LogP contribution in [-0.2, 0) is 20.6 Å². The minimum absolute atomic E-state index is 0.155. The second kappa shape index (κ2) is 7.15. The Morgan fingerprint density at radius 2 is 2.17 bits per heavy atom. The zero-order valence-corrected chi connectivity index (χ0v) is 16.5. The van der Waals surface area contributed by atoms with Gasteiger partial charge in [0.15, 0.2) is 14.1 Å². The van der Waals surface area contributed by atoms with Crippen LogP contribution in [0.3, 0.4) is 0 Å². The predicted molar refractivity (Wildman–Crippen MR) is 98.1 cm³/mol. The molecule has 1 atom stereocenters. The van der Waals surface area contributed by atoms with Crippen LogP contribution in [0, 0.1) is 5.92 Å². The Bertz CT molecular complexity index is 635. The predicted octanol–water partition coefficient (Wildman–Crippen LogP) is 4.26. The minimum Gasteiger partial charge on any atom is -0.465 e. The number of aliphatic imine (C=N–C) groups is 1. The zero-order valence-electron chi connectivity index (χ0n) is 15.5. The number of cyclic esters (lactones) is 1. The first-order chi connectivity index (χ1) is 11.1. The molecular weight excluding hydrogens is 320 g/mol. The highest BCUT2D eigenvalue weighted by molar-refractivity contribution is 6.74. The molecule has 0 bridgehead atoms. The second-order valence-electron chi connectivity index (χ2n) is 7.80. The average molecular weight is 349 g/mol. The zero-order chi connectivity index (χ0) is 18.0. The molecule has 0 radical (unpaired) electrons. The lowest BCUT2D eigenvalue weighted by atomic mass is 10.0. The molecule has 24 heavy (non-hydrogen) atoms. The molecule has 1 unspecified atom stereocenters. The van der Waals surface area contributed by atoms with Crippen molar-refractivity contribution in [3.63, 3.8) is 0 Å². The van der Waals surface area contributed by atoms with E-state index in [-0.39, 0.29) is 16.9 Å². The maximum absolute atomic E-state index is 11.7. The van der Waals surface area contributed by atoms with Crippen LogP contribution in [-0.4, -0.2) is 31.6 Å². The van der Waals surface area contributed by atoms with Crippen LogP contribution in [0.2, 0.25) is 18.1 Å². The lowest BCUT2D eigenvalue weighted by Gasteiger charge is -2.36. The first-order valence-electron chi connectivity index (χ1n) is 8.41. The Balaban J connectivity index is 2.17. The number of pyridine rings is 1. The molecule has 6 heteroatoms. The number of carbonyl (C=O) groups is 1. The second-order valence-corrected chi connectivity index (χ2v) is 12.6. The van der Waals surface area contributed by atoms with Gasteiger partial charge in [-0.25, -0.2) is 9.98 Å². The number of rotatable bonds is 5. The summed E-state index contributed by atoms with van der Waals surface area (Å²) in [6, 6.07) is 3.88. The Kier molecular flexibility index (Phi) is 5.60. The van der Waals surface area contributed by atoms with Gasteiger partial charge in [-0.3, -0.25) is 4.79 Å². The van der Waals surface area contributed by atoms with Gasteiger partial charge in [0, 0.05) is 23.9 Å². The van der Waals surface area contributed by atoms with E-state index in [4.69, 9.17) is 9.16 Å². The first kappa shape index (κ1) is 18.8. The van der Waals surface area contributed by atoms with E-state index in [0.29, 0.717) is 25.5 Å². The van der Waals surface area contributed by atoms with Crippen molar-refractivity contribution in [1.82, 2.24) is 4.98 Å². The molecular formula is C18H28N2O3Si. The molecule has 1 aliphatic rings. The Hall–Kier alpha value is -1.53. The lowest BCUT2D eigenvalue weighted by Crippen LogP contribution is -2.40. The average Bonchev–Trinajstić information content (AvgIpc) is 2.91. The number of esters is 1. The molecule has 0 saturated carbocycles. The van der Waals surface area contributed by atoms with Gasteiger partial charge in [0.2, 0.25) is 0 Å². The first-order valence-corrected chi connectivity index (χ1v) is 11.3. The number of aromatic nitrogens is 1. The summed E-state index contributed by atoms with van der Waals surface area (Å²) in [5.41, 5.74) is 1.71. The number of carbonyl (C=O) groups excluding carboxylic acids is 1. The molecule has 1 fully saturated rings. The molecule has 132 valence electrons. The SMILES string of the molecule is CC(=Nc1ncccc1CO[Si](C)(C)C(C)(C)C)C1CCOC1=O. The van der Waals surface area contributed by atoms with E-state index >= 15 is 0 Å². The van der Waals surface area contributed by atoms with Crippen molar-refractivity contribution in [3.05, 3.63) is 23.9 Å². The third kappa shape index (κ3) is 4.30. The Labute approximate surface area is 145 Å². The van der Waals surface area contributed by atoms with Gasteiger partial charge in [-0.15, -0.1) is 0 Å². The van der Waals surface area contributed by atoms with Gasteiger partial charge in [-0.1, -0.05) is 26.8 Å². The summed E-state index contributed by atoms with van der Waals surface area (Å²) in [6.07, 6.45) is 2.41. The van der Waals surface area contributed by atoms with E-state index < -0.39 is 8.32 Å². The smallest absolute Gasteiger partial charge is 0.314 e. The van der Waals surface area contributed by atoms with Crippen molar-refractivity contribution < 1.29 is 14.0 Å². The van der Waals surface area contributed by atoms with Crippen molar-refractivity contribution in [2.45, 2.75) is 58.9 Å². The van der Waals surface area contributed by atoms with Crippen LogP contribution in [0.4, 0.5) is 5.82 Å². The van der Waals surface area contributed by atoms with E-state index in [1.54, 1.807) is 6.20 Å². The highest BCUT2D eigenvalue weighted by atomic mass is 28.4.